The van der Waals surface area contributed by atoms with Gasteiger partial charge in [-0.3, -0.25) is 10.1 Å². The summed E-state index contributed by atoms with van der Waals surface area (Å²) in [4.78, 5) is 10.4. The molecule has 0 bridgehead atoms. The van der Waals surface area contributed by atoms with Crippen LogP contribution in [0.15, 0.2) is 11.0 Å². The Balaban J connectivity index is 3.93. The quantitative estimate of drug-likeness (QED) is 0.648. The van der Waals surface area contributed by atoms with Crippen LogP contribution in [0.4, 0.5) is 15.8 Å². The van der Waals surface area contributed by atoms with Crippen LogP contribution in [0.3, 0.4) is 0 Å². The van der Waals surface area contributed by atoms with E-state index >= 15 is 0 Å². The number of primary sulfonamides is 1. The number of nitrogens with zero attached hydrogens (tertiary/aromatic N) is 2. The molecule has 1 rings (SSSR count). The topological polar surface area (TPSA) is 107 Å². The van der Waals surface area contributed by atoms with Gasteiger partial charge in [0.25, 0.3) is 5.69 Å². The molecule has 7 nitrogen and oxygen atoms in total. The van der Waals surface area contributed by atoms with E-state index in [2.05, 4.69) is 0 Å². The summed E-state index contributed by atoms with van der Waals surface area (Å²) in [5.41, 5.74) is -1.04. The Hall–Kier alpha value is -1.74. The highest BCUT2D eigenvalue weighted by Gasteiger charge is 2.30. The molecule has 1 aromatic carbocycles. The minimum atomic E-state index is -4.41. The van der Waals surface area contributed by atoms with Crippen LogP contribution in [-0.4, -0.2) is 27.4 Å². The summed E-state index contributed by atoms with van der Waals surface area (Å²) in [5, 5.41) is 15.8. The van der Waals surface area contributed by atoms with Crippen LogP contribution in [0.25, 0.3) is 0 Å². The van der Waals surface area contributed by atoms with Gasteiger partial charge in [-0.15, -0.1) is 0 Å². The first-order valence-corrected chi connectivity index (χ1v) is 6.29. The van der Waals surface area contributed by atoms with Crippen molar-refractivity contribution in [2.75, 3.05) is 19.0 Å². The molecule has 0 aliphatic heterocycles. The molecule has 0 aliphatic carbocycles. The summed E-state index contributed by atoms with van der Waals surface area (Å²) >= 11 is 0. The van der Waals surface area contributed by atoms with Gasteiger partial charge in [0, 0.05) is 20.2 Å². The predicted molar refractivity (Wildman–Crippen MR) is 63.5 cm³/mol. The Kier molecular flexibility index (Phi) is 3.58. The lowest BCUT2D eigenvalue weighted by atomic mass is 10.1. The Morgan fingerprint density at radius 1 is 1.44 bits per heavy atom. The van der Waals surface area contributed by atoms with E-state index in [1.807, 2.05) is 0 Å². The molecule has 0 spiro atoms. The Bertz CT molecular complexity index is 613. The van der Waals surface area contributed by atoms with E-state index in [4.69, 9.17) is 5.14 Å². The first-order chi connectivity index (χ1) is 8.07. The average Bonchev–Trinajstić information content (AvgIpc) is 2.18. The Morgan fingerprint density at radius 2 is 1.94 bits per heavy atom. The molecule has 0 saturated carbocycles. The van der Waals surface area contributed by atoms with Crippen LogP contribution in [-0.2, 0) is 10.0 Å². The maximum atomic E-state index is 13.9. The minimum absolute atomic E-state index is 0.156. The number of aryl methyl sites for hydroxylation is 1. The zero-order valence-electron chi connectivity index (χ0n) is 9.97. The summed E-state index contributed by atoms with van der Waals surface area (Å²) in [6, 6.07) is 0.972. The van der Waals surface area contributed by atoms with Crippen LogP contribution in [0.1, 0.15) is 5.56 Å². The molecule has 0 heterocycles. The number of hydrogen-bond acceptors (Lipinski definition) is 5. The molecule has 0 amide bonds. The number of sulfonamides is 1. The van der Waals surface area contributed by atoms with Gasteiger partial charge < -0.3 is 4.90 Å². The minimum Gasteiger partial charge on any atom is -0.371 e. The molecule has 0 unspecified atom stereocenters. The average molecular weight is 277 g/mol. The molecule has 0 atom stereocenters. The van der Waals surface area contributed by atoms with Crippen molar-refractivity contribution in [1.82, 2.24) is 0 Å². The third kappa shape index (κ3) is 2.41. The number of hydrogen-bond donors (Lipinski definition) is 1. The normalized spacial score (nSPS) is 11.4. The van der Waals surface area contributed by atoms with Crippen molar-refractivity contribution in [2.45, 2.75) is 11.8 Å². The third-order valence-corrected chi connectivity index (χ3v) is 3.23. The SMILES string of the molecule is Cc1cc([N+](=O)[O-])c(N(C)C)c(S(N)(=O)=O)c1F. The van der Waals surface area contributed by atoms with Crippen molar-refractivity contribution in [3.05, 3.63) is 27.6 Å². The van der Waals surface area contributed by atoms with E-state index < -0.39 is 31.3 Å². The summed E-state index contributed by atoms with van der Waals surface area (Å²) < 4.78 is 36.6. The molecule has 1 aromatic rings. The van der Waals surface area contributed by atoms with Crippen LogP contribution < -0.4 is 10.0 Å². The molecule has 9 heteroatoms. The molecule has 0 saturated heterocycles. The van der Waals surface area contributed by atoms with Crippen LogP contribution in [0.2, 0.25) is 0 Å². The van der Waals surface area contributed by atoms with Gasteiger partial charge in [0.1, 0.15) is 16.4 Å². The molecule has 100 valence electrons. The fourth-order valence-corrected chi connectivity index (χ4v) is 2.53. The van der Waals surface area contributed by atoms with Gasteiger partial charge in [-0.1, -0.05) is 0 Å². The number of benzene rings is 1. The lowest BCUT2D eigenvalue weighted by Crippen LogP contribution is -2.22. The highest BCUT2D eigenvalue weighted by atomic mass is 32.2. The zero-order chi connectivity index (χ0) is 14.2. The van der Waals surface area contributed by atoms with E-state index in [1.54, 1.807) is 0 Å². The second kappa shape index (κ2) is 4.50. The number of rotatable bonds is 3. The number of nitrogens with two attached hydrogens (primary N) is 1. The van der Waals surface area contributed by atoms with Gasteiger partial charge >= 0.3 is 0 Å². The number of nitro groups is 1. The van der Waals surface area contributed by atoms with Gasteiger partial charge in [-0.25, -0.2) is 17.9 Å². The summed E-state index contributed by atoms with van der Waals surface area (Å²) in [5.74, 6) is -1.08. The van der Waals surface area contributed by atoms with E-state index in [1.165, 1.54) is 21.0 Å². The first kappa shape index (κ1) is 14.3. The predicted octanol–water partition coefficient (Wildman–Crippen LogP) is 0.756. The van der Waals surface area contributed by atoms with Crippen molar-refractivity contribution >= 4 is 21.4 Å². The molecule has 0 radical (unpaired) electrons. The first-order valence-electron chi connectivity index (χ1n) is 4.75. The van der Waals surface area contributed by atoms with Crippen molar-refractivity contribution in [3.8, 4) is 0 Å². The van der Waals surface area contributed by atoms with Gasteiger partial charge in [0.15, 0.2) is 0 Å². The van der Waals surface area contributed by atoms with Crippen molar-refractivity contribution in [1.29, 1.82) is 0 Å². The van der Waals surface area contributed by atoms with E-state index in [-0.39, 0.29) is 11.3 Å². The number of anilines is 1. The van der Waals surface area contributed by atoms with Crippen molar-refractivity contribution < 1.29 is 17.7 Å². The monoisotopic (exact) mass is 277 g/mol. The van der Waals surface area contributed by atoms with Crippen molar-refractivity contribution in [3.63, 3.8) is 0 Å². The molecule has 2 N–H and O–H groups in total. The summed E-state index contributed by atoms with van der Waals surface area (Å²) in [7, 11) is -1.68. The molecule has 0 aromatic heterocycles. The van der Waals surface area contributed by atoms with Gasteiger partial charge in [0.2, 0.25) is 10.0 Å². The maximum absolute atomic E-state index is 13.9. The van der Waals surface area contributed by atoms with E-state index in [0.29, 0.717) is 0 Å². The number of nitro benzene ring substituents is 1. The summed E-state index contributed by atoms with van der Waals surface area (Å²) in [6.45, 7) is 1.23. The maximum Gasteiger partial charge on any atom is 0.294 e. The zero-order valence-corrected chi connectivity index (χ0v) is 10.8. The van der Waals surface area contributed by atoms with Crippen LogP contribution in [0.5, 0.6) is 0 Å². The Labute approximate surface area is 103 Å². The molecule has 0 fully saturated rings. The standard InChI is InChI=1S/C9H12FN3O4S/c1-5-4-6(13(14)15)8(12(2)3)9(7(5)10)18(11,16)17/h4H,1-3H3,(H2,11,16,17). The van der Waals surface area contributed by atoms with Crippen LogP contribution in [0, 0.1) is 22.9 Å². The van der Waals surface area contributed by atoms with Gasteiger partial charge in [-0.2, -0.15) is 0 Å². The highest BCUT2D eigenvalue weighted by Crippen LogP contribution is 2.36. The van der Waals surface area contributed by atoms with Gasteiger partial charge in [-0.05, 0) is 12.5 Å². The second-order valence-corrected chi connectivity index (χ2v) is 5.40. The van der Waals surface area contributed by atoms with Crippen LogP contribution >= 0.6 is 0 Å². The summed E-state index contributed by atoms with van der Waals surface area (Å²) in [6.07, 6.45) is 0. The Morgan fingerprint density at radius 3 is 2.28 bits per heavy atom. The van der Waals surface area contributed by atoms with Gasteiger partial charge in [0.05, 0.1) is 4.92 Å². The lowest BCUT2D eigenvalue weighted by molar-refractivity contribution is -0.384. The van der Waals surface area contributed by atoms with Crippen molar-refractivity contribution in [2.24, 2.45) is 5.14 Å². The third-order valence-electron chi connectivity index (χ3n) is 2.28. The number of halogens is 1. The fraction of sp³-hybridized carbons (Fsp3) is 0.333. The highest BCUT2D eigenvalue weighted by molar-refractivity contribution is 7.89. The largest absolute Gasteiger partial charge is 0.371 e. The van der Waals surface area contributed by atoms with E-state index in [9.17, 15) is 22.9 Å². The second-order valence-electron chi connectivity index (χ2n) is 3.90. The fourth-order valence-electron chi connectivity index (χ4n) is 1.57. The molecule has 18 heavy (non-hydrogen) atoms. The molecule has 0 aliphatic rings. The molecular weight excluding hydrogens is 265 g/mol. The smallest absolute Gasteiger partial charge is 0.294 e. The van der Waals surface area contributed by atoms with E-state index in [0.717, 1.165) is 11.0 Å². The molecular formula is C9H12FN3O4S. The lowest BCUT2D eigenvalue weighted by Gasteiger charge is -2.17.